The Balaban J connectivity index is 3.97. The van der Waals surface area contributed by atoms with E-state index in [-0.39, 0.29) is 12.8 Å². The monoisotopic (exact) mass is 170 g/mol. The maximum Gasteiger partial charge on any atom is 0.307 e. The fraction of sp³-hybridized carbons (Fsp3) is 0.500. The highest BCUT2D eigenvalue weighted by atomic mass is 16.4. The Hall–Kier alpha value is -1.50. The summed E-state index contributed by atoms with van der Waals surface area (Å²) in [5, 5.41) is 16.8. The Morgan fingerprint density at radius 3 is 2.33 bits per heavy atom. The summed E-state index contributed by atoms with van der Waals surface area (Å²) in [6, 6.07) is 0. The molecule has 0 radical (unpaired) electrons. The largest absolute Gasteiger partial charge is 0.481 e. The standard InChI is InChI=1S/C8H10O4/c1-2-3-4-6(8(11)12)5-7(9)10/h1,6H,3-5H2,(H,9,10)(H,11,12). The van der Waals surface area contributed by atoms with Crippen molar-refractivity contribution < 1.29 is 19.8 Å². The molecular weight excluding hydrogens is 160 g/mol. The second kappa shape index (κ2) is 5.19. The van der Waals surface area contributed by atoms with Crippen LogP contribution in [0.4, 0.5) is 0 Å². The molecule has 0 saturated carbocycles. The number of carbonyl (C=O) groups is 2. The fourth-order valence-electron chi connectivity index (χ4n) is 0.781. The fourth-order valence-corrected chi connectivity index (χ4v) is 0.781. The molecule has 0 aliphatic heterocycles. The van der Waals surface area contributed by atoms with Crippen LogP contribution in [0.5, 0.6) is 0 Å². The molecule has 4 heteroatoms. The van der Waals surface area contributed by atoms with Crippen LogP contribution in [0.15, 0.2) is 0 Å². The second-order valence-electron chi connectivity index (χ2n) is 2.38. The van der Waals surface area contributed by atoms with Crippen LogP contribution in [-0.2, 0) is 9.59 Å². The lowest BCUT2D eigenvalue weighted by Gasteiger charge is -2.06. The molecule has 0 rings (SSSR count). The number of hydrogen-bond donors (Lipinski definition) is 2. The average molecular weight is 170 g/mol. The Morgan fingerprint density at radius 2 is 2.00 bits per heavy atom. The molecule has 0 aliphatic rings. The molecule has 0 aromatic carbocycles. The highest BCUT2D eigenvalue weighted by Crippen LogP contribution is 2.10. The second-order valence-corrected chi connectivity index (χ2v) is 2.38. The highest BCUT2D eigenvalue weighted by molar-refractivity contribution is 5.77. The van der Waals surface area contributed by atoms with Crippen molar-refractivity contribution in [2.75, 3.05) is 0 Å². The zero-order valence-corrected chi connectivity index (χ0v) is 6.49. The molecule has 0 heterocycles. The molecule has 0 saturated heterocycles. The molecule has 1 unspecified atom stereocenters. The summed E-state index contributed by atoms with van der Waals surface area (Å²) in [5.41, 5.74) is 0. The number of hydrogen-bond acceptors (Lipinski definition) is 2. The van der Waals surface area contributed by atoms with E-state index in [0.29, 0.717) is 6.42 Å². The van der Waals surface area contributed by atoms with E-state index in [0.717, 1.165) is 0 Å². The van der Waals surface area contributed by atoms with Crippen molar-refractivity contribution in [2.45, 2.75) is 19.3 Å². The van der Waals surface area contributed by atoms with Crippen LogP contribution in [0.25, 0.3) is 0 Å². The molecule has 1 atom stereocenters. The molecular formula is C8H10O4. The third-order valence-corrected chi connectivity index (χ3v) is 1.41. The van der Waals surface area contributed by atoms with Crippen LogP contribution >= 0.6 is 0 Å². The summed E-state index contributed by atoms with van der Waals surface area (Å²) in [6.07, 6.45) is 5.07. The maximum atomic E-state index is 10.4. The SMILES string of the molecule is C#CCCC(CC(=O)O)C(=O)O. The van der Waals surface area contributed by atoms with Gasteiger partial charge in [0.15, 0.2) is 0 Å². The molecule has 0 aliphatic carbocycles. The maximum absolute atomic E-state index is 10.4. The van der Waals surface area contributed by atoms with Gasteiger partial charge in [-0.3, -0.25) is 9.59 Å². The zero-order valence-electron chi connectivity index (χ0n) is 6.49. The zero-order chi connectivity index (χ0) is 9.56. The van der Waals surface area contributed by atoms with Gasteiger partial charge in [0.25, 0.3) is 0 Å². The molecule has 2 N–H and O–H groups in total. The van der Waals surface area contributed by atoms with E-state index in [9.17, 15) is 9.59 Å². The van der Waals surface area contributed by atoms with Crippen molar-refractivity contribution in [3.63, 3.8) is 0 Å². The summed E-state index contributed by atoms with van der Waals surface area (Å²) in [5.74, 6) is -0.808. The number of aliphatic carboxylic acids is 2. The van der Waals surface area contributed by atoms with Gasteiger partial charge in [0, 0.05) is 6.42 Å². The van der Waals surface area contributed by atoms with Crippen molar-refractivity contribution in [1.82, 2.24) is 0 Å². The molecule has 0 amide bonds. The van der Waals surface area contributed by atoms with Gasteiger partial charge in [0.2, 0.25) is 0 Å². The summed E-state index contributed by atoms with van der Waals surface area (Å²) in [6.45, 7) is 0. The van der Waals surface area contributed by atoms with Crippen LogP contribution in [0.2, 0.25) is 0 Å². The summed E-state index contributed by atoms with van der Waals surface area (Å²) >= 11 is 0. The van der Waals surface area contributed by atoms with E-state index < -0.39 is 17.9 Å². The number of carboxylic acid groups (broad SMARTS) is 2. The summed E-state index contributed by atoms with van der Waals surface area (Å²) in [4.78, 5) is 20.6. The summed E-state index contributed by atoms with van der Waals surface area (Å²) in [7, 11) is 0. The molecule has 12 heavy (non-hydrogen) atoms. The van der Waals surface area contributed by atoms with Gasteiger partial charge in [0.05, 0.1) is 12.3 Å². The van der Waals surface area contributed by atoms with Gasteiger partial charge in [0.1, 0.15) is 0 Å². The van der Waals surface area contributed by atoms with Crippen LogP contribution < -0.4 is 0 Å². The lowest BCUT2D eigenvalue weighted by Crippen LogP contribution is -2.17. The highest BCUT2D eigenvalue weighted by Gasteiger charge is 2.19. The lowest BCUT2D eigenvalue weighted by molar-refractivity contribution is -0.148. The van der Waals surface area contributed by atoms with E-state index in [2.05, 4.69) is 5.92 Å². The Kier molecular flexibility index (Phi) is 4.54. The smallest absolute Gasteiger partial charge is 0.307 e. The molecule has 66 valence electrons. The first-order valence-electron chi connectivity index (χ1n) is 3.46. The number of carboxylic acids is 2. The van der Waals surface area contributed by atoms with Crippen molar-refractivity contribution >= 4 is 11.9 Å². The van der Waals surface area contributed by atoms with Crippen molar-refractivity contribution in [1.29, 1.82) is 0 Å². The first-order chi connectivity index (χ1) is 5.57. The molecule has 0 aromatic heterocycles. The van der Waals surface area contributed by atoms with E-state index in [1.807, 2.05) is 0 Å². The Morgan fingerprint density at radius 1 is 1.42 bits per heavy atom. The van der Waals surface area contributed by atoms with Crippen LogP contribution in [0.3, 0.4) is 0 Å². The van der Waals surface area contributed by atoms with E-state index in [4.69, 9.17) is 16.6 Å². The molecule has 0 aromatic rings. The minimum absolute atomic E-state index is 0.220. The Labute approximate surface area is 70.2 Å². The van der Waals surface area contributed by atoms with Crippen LogP contribution in [0, 0.1) is 18.3 Å². The third kappa shape index (κ3) is 4.34. The average Bonchev–Trinajstić information content (AvgIpc) is 1.96. The third-order valence-electron chi connectivity index (χ3n) is 1.41. The van der Waals surface area contributed by atoms with Gasteiger partial charge in [-0.25, -0.2) is 0 Å². The normalized spacial score (nSPS) is 11.6. The van der Waals surface area contributed by atoms with Gasteiger partial charge in [-0.1, -0.05) is 0 Å². The van der Waals surface area contributed by atoms with E-state index >= 15 is 0 Å². The first-order valence-corrected chi connectivity index (χ1v) is 3.46. The minimum atomic E-state index is -1.11. The molecule has 0 fully saturated rings. The van der Waals surface area contributed by atoms with Gasteiger partial charge >= 0.3 is 11.9 Å². The predicted octanol–water partition coefficient (Wildman–Crippen LogP) is 0.575. The quantitative estimate of drug-likeness (QED) is 0.591. The summed E-state index contributed by atoms with van der Waals surface area (Å²) < 4.78 is 0. The lowest BCUT2D eigenvalue weighted by atomic mass is 10.0. The van der Waals surface area contributed by atoms with Gasteiger partial charge in [-0.15, -0.1) is 12.3 Å². The van der Waals surface area contributed by atoms with Gasteiger partial charge < -0.3 is 10.2 Å². The molecule has 4 nitrogen and oxygen atoms in total. The van der Waals surface area contributed by atoms with E-state index in [1.54, 1.807) is 0 Å². The minimum Gasteiger partial charge on any atom is -0.481 e. The van der Waals surface area contributed by atoms with Crippen LogP contribution in [-0.4, -0.2) is 22.2 Å². The predicted molar refractivity (Wildman–Crippen MR) is 41.4 cm³/mol. The van der Waals surface area contributed by atoms with Crippen molar-refractivity contribution in [3.8, 4) is 12.3 Å². The topological polar surface area (TPSA) is 74.6 Å². The first kappa shape index (κ1) is 10.5. The Bertz CT molecular complexity index is 214. The van der Waals surface area contributed by atoms with Crippen molar-refractivity contribution in [3.05, 3.63) is 0 Å². The number of rotatable bonds is 5. The van der Waals surface area contributed by atoms with Gasteiger partial charge in [-0.05, 0) is 6.42 Å². The molecule has 0 spiro atoms. The van der Waals surface area contributed by atoms with E-state index in [1.165, 1.54) is 0 Å². The molecule has 0 bridgehead atoms. The van der Waals surface area contributed by atoms with Crippen molar-refractivity contribution in [2.24, 2.45) is 5.92 Å². The van der Waals surface area contributed by atoms with Crippen LogP contribution in [0.1, 0.15) is 19.3 Å². The number of terminal acetylenes is 1. The van der Waals surface area contributed by atoms with Gasteiger partial charge in [-0.2, -0.15) is 0 Å².